The van der Waals surface area contributed by atoms with Crippen LogP contribution < -0.4 is 5.73 Å². The standard InChI is InChI=1S/C11H21N3O2/c1-9(14-7-10(6-12)8-14)11(15)13-2-4-16-5-3-13/h9-10H,2-8,12H2,1H3. The van der Waals surface area contributed by atoms with Crippen molar-refractivity contribution in [1.82, 2.24) is 9.80 Å². The van der Waals surface area contributed by atoms with E-state index in [-0.39, 0.29) is 11.9 Å². The quantitative estimate of drug-likeness (QED) is 0.680. The van der Waals surface area contributed by atoms with Gasteiger partial charge >= 0.3 is 0 Å². The zero-order valence-electron chi connectivity index (χ0n) is 9.89. The van der Waals surface area contributed by atoms with Crippen molar-refractivity contribution in [3.63, 3.8) is 0 Å². The number of likely N-dealkylation sites (tertiary alicyclic amines) is 1. The van der Waals surface area contributed by atoms with Gasteiger partial charge in [0.05, 0.1) is 19.3 Å². The first kappa shape index (κ1) is 11.8. The van der Waals surface area contributed by atoms with Crippen LogP contribution in [0.1, 0.15) is 6.92 Å². The monoisotopic (exact) mass is 227 g/mol. The number of amides is 1. The zero-order valence-corrected chi connectivity index (χ0v) is 9.89. The van der Waals surface area contributed by atoms with E-state index >= 15 is 0 Å². The molecule has 2 heterocycles. The van der Waals surface area contributed by atoms with Crippen LogP contribution in [0.15, 0.2) is 0 Å². The third-order valence-electron chi connectivity index (χ3n) is 3.55. The molecule has 0 spiro atoms. The van der Waals surface area contributed by atoms with E-state index in [0.29, 0.717) is 19.1 Å². The molecule has 16 heavy (non-hydrogen) atoms. The van der Waals surface area contributed by atoms with Gasteiger partial charge in [0.1, 0.15) is 0 Å². The topological polar surface area (TPSA) is 58.8 Å². The number of carbonyl (C=O) groups is 1. The Hall–Kier alpha value is -0.650. The van der Waals surface area contributed by atoms with Crippen molar-refractivity contribution < 1.29 is 9.53 Å². The molecule has 2 aliphatic rings. The molecule has 0 bridgehead atoms. The zero-order chi connectivity index (χ0) is 11.5. The van der Waals surface area contributed by atoms with Crippen LogP contribution in [0.25, 0.3) is 0 Å². The third kappa shape index (κ3) is 2.36. The molecule has 0 aromatic heterocycles. The Labute approximate surface area is 96.5 Å². The van der Waals surface area contributed by atoms with Gasteiger partial charge < -0.3 is 15.4 Å². The summed E-state index contributed by atoms with van der Waals surface area (Å²) in [6.45, 7) is 7.46. The van der Waals surface area contributed by atoms with E-state index in [1.165, 1.54) is 0 Å². The van der Waals surface area contributed by atoms with Crippen molar-refractivity contribution in [2.75, 3.05) is 45.9 Å². The van der Waals surface area contributed by atoms with E-state index in [0.717, 1.165) is 32.7 Å². The van der Waals surface area contributed by atoms with Crippen molar-refractivity contribution in [1.29, 1.82) is 0 Å². The van der Waals surface area contributed by atoms with Gasteiger partial charge in [-0.15, -0.1) is 0 Å². The molecule has 0 aromatic carbocycles. The molecule has 2 rings (SSSR count). The number of hydrogen-bond acceptors (Lipinski definition) is 4. The second kappa shape index (κ2) is 5.12. The second-order valence-electron chi connectivity index (χ2n) is 4.67. The van der Waals surface area contributed by atoms with Crippen molar-refractivity contribution in [3.8, 4) is 0 Å². The Morgan fingerprint density at radius 1 is 1.44 bits per heavy atom. The Bertz CT molecular complexity index is 248. The molecule has 0 aromatic rings. The van der Waals surface area contributed by atoms with Gasteiger partial charge in [0, 0.05) is 26.2 Å². The average molecular weight is 227 g/mol. The first-order valence-electron chi connectivity index (χ1n) is 6.03. The van der Waals surface area contributed by atoms with Crippen LogP contribution in [0.2, 0.25) is 0 Å². The molecular weight excluding hydrogens is 206 g/mol. The smallest absolute Gasteiger partial charge is 0.239 e. The minimum absolute atomic E-state index is 0.000833. The molecular formula is C11H21N3O2. The van der Waals surface area contributed by atoms with Gasteiger partial charge in [0.25, 0.3) is 0 Å². The Morgan fingerprint density at radius 3 is 2.62 bits per heavy atom. The van der Waals surface area contributed by atoms with Crippen LogP contribution in [0, 0.1) is 5.92 Å². The Balaban J connectivity index is 1.80. The molecule has 0 radical (unpaired) electrons. The number of hydrogen-bond donors (Lipinski definition) is 1. The van der Waals surface area contributed by atoms with Gasteiger partial charge in [-0.3, -0.25) is 9.69 Å². The van der Waals surface area contributed by atoms with Crippen molar-refractivity contribution in [3.05, 3.63) is 0 Å². The van der Waals surface area contributed by atoms with Crippen LogP contribution in [0.4, 0.5) is 0 Å². The van der Waals surface area contributed by atoms with E-state index in [4.69, 9.17) is 10.5 Å². The van der Waals surface area contributed by atoms with Crippen LogP contribution in [0.3, 0.4) is 0 Å². The highest BCUT2D eigenvalue weighted by Crippen LogP contribution is 2.18. The summed E-state index contributed by atoms with van der Waals surface area (Å²) in [5.41, 5.74) is 5.58. The van der Waals surface area contributed by atoms with Crippen molar-refractivity contribution >= 4 is 5.91 Å². The maximum Gasteiger partial charge on any atom is 0.239 e. The summed E-state index contributed by atoms with van der Waals surface area (Å²) in [5.74, 6) is 0.818. The second-order valence-corrected chi connectivity index (χ2v) is 4.67. The number of rotatable bonds is 3. The molecule has 0 aliphatic carbocycles. The highest BCUT2D eigenvalue weighted by atomic mass is 16.5. The molecule has 5 nitrogen and oxygen atoms in total. The van der Waals surface area contributed by atoms with E-state index < -0.39 is 0 Å². The lowest BCUT2D eigenvalue weighted by Gasteiger charge is -2.43. The average Bonchev–Trinajstić information content (AvgIpc) is 2.27. The first-order valence-corrected chi connectivity index (χ1v) is 6.03. The molecule has 92 valence electrons. The van der Waals surface area contributed by atoms with Crippen LogP contribution in [-0.4, -0.2) is 67.7 Å². The highest BCUT2D eigenvalue weighted by molar-refractivity contribution is 5.81. The molecule has 2 N–H and O–H groups in total. The van der Waals surface area contributed by atoms with Gasteiger partial charge in [0.2, 0.25) is 5.91 Å². The maximum atomic E-state index is 12.1. The summed E-state index contributed by atoms with van der Waals surface area (Å²) >= 11 is 0. The van der Waals surface area contributed by atoms with E-state index in [1.54, 1.807) is 0 Å². The van der Waals surface area contributed by atoms with Crippen molar-refractivity contribution in [2.24, 2.45) is 11.7 Å². The summed E-state index contributed by atoms with van der Waals surface area (Å²) in [7, 11) is 0. The lowest BCUT2D eigenvalue weighted by atomic mass is 9.98. The van der Waals surface area contributed by atoms with Crippen LogP contribution >= 0.6 is 0 Å². The lowest BCUT2D eigenvalue weighted by Crippen LogP contribution is -2.59. The Kier molecular flexibility index (Phi) is 3.78. The lowest BCUT2D eigenvalue weighted by molar-refractivity contribution is -0.143. The maximum absolute atomic E-state index is 12.1. The summed E-state index contributed by atoms with van der Waals surface area (Å²) in [6, 6.07) is 0.000833. The van der Waals surface area contributed by atoms with Crippen LogP contribution in [0.5, 0.6) is 0 Å². The van der Waals surface area contributed by atoms with E-state index in [1.807, 2.05) is 11.8 Å². The molecule has 1 amide bonds. The van der Waals surface area contributed by atoms with E-state index in [9.17, 15) is 4.79 Å². The van der Waals surface area contributed by atoms with E-state index in [2.05, 4.69) is 4.90 Å². The van der Waals surface area contributed by atoms with Gasteiger partial charge in [-0.2, -0.15) is 0 Å². The number of morpholine rings is 1. The fourth-order valence-electron chi connectivity index (χ4n) is 2.28. The third-order valence-corrected chi connectivity index (χ3v) is 3.55. The molecule has 1 unspecified atom stereocenters. The molecule has 0 saturated carbocycles. The fourth-order valence-corrected chi connectivity index (χ4v) is 2.28. The predicted octanol–water partition coefficient (Wildman–Crippen LogP) is -0.876. The highest BCUT2D eigenvalue weighted by Gasteiger charge is 2.34. The summed E-state index contributed by atoms with van der Waals surface area (Å²) in [6.07, 6.45) is 0. The van der Waals surface area contributed by atoms with Gasteiger partial charge in [-0.05, 0) is 19.4 Å². The summed E-state index contributed by atoms with van der Waals surface area (Å²) in [5, 5.41) is 0. The summed E-state index contributed by atoms with van der Waals surface area (Å²) in [4.78, 5) is 16.2. The molecule has 2 aliphatic heterocycles. The number of nitrogens with two attached hydrogens (primary N) is 1. The predicted molar refractivity (Wildman–Crippen MR) is 61.0 cm³/mol. The molecule has 2 saturated heterocycles. The Morgan fingerprint density at radius 2 is 2.06 bits per heavy atom. The molecule has 1 atom stereocenters. The normalized spacial score (nSPS) is 25.2. The SMILES string of the molecule is CC(C(=O)N1CCOCC1)N1CC(CN)C1. The molecule has 5 heteroatoms. The number of nitrogens with zero attached hydrogens (tertiary/aromatic N) is 2. The van der Waals surface area contributed by atoms with Crippen molar-refractivity contribution in [2.45, 2.75) is 13.0 Å². The van der Waals surface area contributed by atoms with Gasteiger partial charge in [-0.1, -0.05) is 0 Å². The van der Waals surface area contributed by atoms with Crippen LogP contribution in [-0.2, 0) is 9.53 Å². The van der Waals surface area contributed by atoms with Gasteiger partial charge in [-0.25, -0.2) is 0 Å². The first-order chi connectivity index (χ1) is 7.72. The largest absolute Gasteiger partial charge is 0.378 e. The van der Waals surface area contributed by atoms with Gasteiger partial charge in [0.15, 0.2) is 0 Å². The number of carbonyl (C=O) groups excluding carboxylic acids is 1. The minimum Gasteiger partial charge on any atom is -0.378 e. The fraction of sp³-hybridized carbons (Fsp3) is 0.909. The molecule has 2 fully saturated rings. The number of ether oxygens (including phenoxy) is 1. The minimum atomic E-state index is 0.000833. The summed E-state index contributed by atoms with van der Waals surface area (Å²) < 4.78 is 5.24.